The standard InChI is InChI=1S/C16H20N2O4/c1-11(19)17-13(12-6-3-2-4-7-12)10-15(20)18-9-5-8-14(18)16(21)22/h2-4,6-7,13-14H,5,8-10H2,1H3,(H,17,19)(H,21,22)/t13-,14+/m0/s1. The van der Waals surface area contributed by atoms with E-state index in [4.69, 9.17) is 5.11 Å². The van der Waals surface area contributed by atoms with Crippen LogP contribution in [0, 0.1) is 0 Å². The summed E-state index contributed by atoms with van der Waals surface area (Å²) in [4.78, 5) is 36.4. The summed E-state index contributed by atoms with van der Waals surface area (Å²) in [6.07, 6.45) is 1.24. The van der Waals surface area contributed by atoms with Crippen LogP contribution >= 0.6 is 0 Å². The maximum Gasteiger partial charge on any atom is 0.326 e. The number of carbonyl (C=O) groups is 3. The molecule has 118 valence electrons. The zero-order valence-corrected chi connectivity index (χ0v) is 12.5. The lowest BCUT2D eigenvalue weighted by Crippen LogP contribution is -2.42. The van der Waals surface area contributed by atoms with Gasteiger partial charge in [-0.1, -0.05) is 30.3 Å². The Morgan fingerprint density at radius 2 is 2.00 bits per heavy atom. The van der Waals surface area contributed by atoms with Gasteiger partial charge in [-0.2, -0.15) is 0 Å². The summed E-state index contributed by atoms with van der Waals surface area (Å²) in [7, 11) is 0. The molecule has 0 unspecified atom stereocenters. The van der Waals surface area contributed by atoms with E-state index in [-0.39, 0.29) is 18.2 Å². The van der Waals surface area contributed by atoms with Gasteiger partial charge < -0.3 is 15.3 Å². The van der Waals surface area contributed by atoms with E-state index in [1.165, 1.54) is 11.8 Å². The fraction of sp³-hybridized carbons (Fsp3) is 0.438. The van der Waals surface area contributed by atoms with Crippen LogP contribution in [0.4, 0.5) is 0 Å². The summed E-state index contributed by atoms with van der Waals surface area (Å²) in [5.74, 6) is -1.44. The number of carbonyl (C=O) groups excluding carboxylic acids is 2. The van der Waals surface area contributed by atoms with Gasteiger partial charge in [-0.15, -0.1) is 0 Å². The molecule has 2 atom stereocenters. The van der Waals surface area contributed by atoms with Crippen LogP contribution in [0.15, 0.2) is 30.3 Å². The van der Waals surface area contributed by atoms with E-state index < -0.39 is 18.1 Å². The molecule has 2 amide bonds. The molecule has 1 fully saturated rings. The van der Waals surface area contributed by atoms with Crippen LogP contribution in [-0.2, 0) is 14.4 Å². The van der Waals surface area contributed by atoms with Gasteiger partial charge in [-0.3, -0.25) is 9.59 Å². The fourth-order valence-corrected chi connectivity index (χ4v) is 2.80. The number of hydrogen-bond donors (Lipinski definition) is 2. The molecule has 6 nitrogen and oxygen atoms in total. The maximum absolute atomic E-state index is 12.4. The number of amides is 2. The molecule has 0 aromatic heterocycles. The van der Waals surface area contributed by atoms with Crippen LogP contribution in [0.3, 0.4) is 0 Å². The first-order valence-electron chi connectivity index (χ1n) is 7.33. The summed E-state index contributed by atoms with van der Waals surface area (Å²) in [5, 5.41) is 11.9. The zero-order valence-electron chi connectivity index (χ0n) is 12.5. The lowest BCUT2D eigenvalue weighted by Gasteiger charge is -2.25. The van der Waals surface area contributed by atoms with E-state index in [1.807, 2.05) is 30.3 Å². The number of rotatable bonds is 5. The summed E-state index contributed by atoms with van der Waals surface area (Å²) < 4.78 is 0. The van der Waals surface area contributed by atoms with Gasteiger partial charge in [0.25, 0.3) is 0 Å². The number of aliphatic carboxylic acids is 1. The highest BCUT2D eigenvalue weighted by atomic mass is 16.4. The van der Waals surface area contributed by atoms with Gasteiger partial charge in [0.05, 0.1) is 12.5 Å². The van der Waals surface area contributed by atoms with Crippen molar-refractivity contribution in [3.8, 4) is 0 Å². The van der Waals surface area contributed by atoms with Crippen molar-refractivity contribution in [3.63, 3.8) is 0 Å². The van der Waals surface area contributed by atoms with Gasteiger partial charge in [-0.25, -0.2) is 4.79 Å². The van der Waals surface area contributed by atoms with Crippen LogP contribution in [0.2, 0.25) is 0 Å². The van der Waals surface area contributed by atoms with Crippen molar-refractivity contribution in [1.29, 1.82) is 0 Å². The van der Waals surface area contributed by atoms with Gasteiger partial charge in [0.15, 0.2) is 0 Å². The monoisotopic (exact) mass is 304 g/mol. The third kappa shape index (κ3) is 3.84. The van der Waals surface area contributed by atoms with Crippen LogP contribution in [0.25, 0.3) is 0 Å². The topological polar surface area (TPSA) is 86.7 Å². The smallest absolute Gasteiger partial charge is 0.326 e. The molecule has 2 rings (SSSR count). The Morgan fingerprint density at radius 1 is 1.32 bits per heavy atom. The minimum atomic E-state index is -0.971. The van der Waals surface area contributed by atoms with E-state index in [2.05, 4.69) is 5.32 Å². The molecule has 1 aromatic carbocycles. The average molecular weight is 304 g/mol. The second kappa shape index (κ2) is 7.06. The van der Waals surface area contributed by atoms with Crippen molar-refractivity contribution in [1.82, 2.24) is 10.2 Å². The van der Waals surface area contributed by atoms with Crippen molar-refractivity contribution in [3.05, 3.63) is 35.9 Å². The molecular weight excluding hydrogens is 284 g/mol. The Balaban J connectivity index is 2.11. The van der Waals surface area contributed by atoms with Crippen molar-refractivity contribution in [2.75, 3.05) is 6.54 Å². The van der Waals surface area contributed by atoms with Crippen molar-refractivity contribution >= 4 is 17.8 Å². The first kappa shape index (κ1) is 16.0. The molecule has 1 aliphatic heterocycles. The van der Waals surface area contributed by atoms with Crippen molar-refractivity contribution in [2.45, 2.75) is 38.3 Å². The predicted molar refractivity (Wildman–Crippen MR) is 80.0 cm³/mol. The van der Waals surface area contributed by atoms with Gasteiger partial charge in [0.2, 0.25) is 11.8 Å². The summed E-state index contributed by atoms with van der Waals surface area (Å²) in [6.45, 7) is 1.85. The molecule has 6 heteroatoms. The number of nitrogens with one attached hydrogen (secondary N) is 1. The molecule has 0 radical (unpaired) electrons. The first-order valence-corrected chi connectivity index (χ1v) is 7.33. The molecule has 1 heterocycles. The lowest BCUT2D eigenvalue weighted by atomic mass is 10.0. The lowest BCUT2D eigenvalue weighted by molar-refractivity contribution is -0.148. The molecule has 1 saturated heterocycles. The SMILES string of the molecule is CC(=O)N[C@@H](CC(=O)N1CCC[C@@H]1C(=O)O)c1ccccc1. The second-order valence-corrected chi connectivity index (χ2v) is 5.45. The first-order chi connectivity index (χ1) is 10.5. The zero-order chi connectivity index (χ0) is 16.1. The van der Waals surface area contributed by atoms with Crippen LogP contribution in [-0.4, -0.2) is 40.4 Å². The van der Waals surface area contributed by atoms with Crippen LogP contribution < -0.4 is 5.32 Å². The minimum absolute atomic E-state index is 0.0629. The van der Waals surface area contributed by atoms with Crippen LogP contribution in [0.5, 0.6) is 0 Å². The molecule has 22 heavy (non-hydrogen) atoms. The summed E-state index contributed by atoms with van der Waals surface area (Å²) in [6, 6.07) is 8.02. The minimum Gasteiger partial charge on any atom is -0.480 e. The summed E-state index contributed by atoms with van der Waals surface area (Å²) >= 11 is 0. The van der Waals surface area contributed by atoms with Gasteiger partial charge in [0.1, 0.15) is 6.04 Å². The Kier molecular flexibility index (Phi) is 5.14. The Bertz CT molecular complexity index is 559. The maximum atomic E-state index is 12.4. The van der Waals surface area contributed by atoms with Gasteiger partial charge >= 0.3 is 5.97 Å². The van der Waals surface area contributed by atoms with Crippen LogP contribution in [0.1, 0.15) is 37.8 Å². The molecule has 2 N–H and O–H groups in total. The molecule has 1 aliphatic rings. The number of carboxylic acid groups (broad SMARTS) is 1. The molecule has 0 saturated carbocycles. The number of likely N-dealkylation sites (tertiary alicyclic amines) is 1. The number of benzene rings is 1. The number of carboxylic acids is 1. The van der Waals surface area contributed by atoms with Crippen molar-refractivity contribution < 1.29 is 19.5 Å². The highest BCUT2D eigenvalue weighted by Gasteiger charge is 2.34. The molecule has 0 aliphatic carbocycles. The third-order valence-corrected chi connectivity index (χ3v) is 3.82. The molecule has 0 bridgehead atoms. The third-order valence-electron chi connectivity index (χ3n) is 3.82. The van der Waals surface area contributed by atoms with Gasteiger partial charge in [-0.05, 0) is 18.4 Å². The predicted octanol–water partition coefficient (Wildman–Crippen LogP) is 1.33. The largest absolute Gasteiger partial charge is 0.480 e. The number of hydrogen-bond acceptors (Lipinski definition) is 3. The van der Waals surface area contributed by atoms with E-state index in [0.29, 0.717) is 19.4 Å². The highest BCUT2D eigenvalue weighted by molar-refractivity contribution is 5.85. The second-order valence-electron chi connectivity index (χ2n) is 5.45. The molecular formula is C16H20N2O4. The fourth-order valence-electron chi connectivity index (χ4n) is 2.80. The van der Waals surface area contributed by atoms with E-state index >= 15 is 0 Å². The summed E-state index contributed by atoms with van der Waals surface area (Å²) in [5.41, 5.74) is 0.831. The van der Waals surface area contributed by atoms with Gasteiger partial charge in [0, 0.05) is 13.5 Å². The highest BCUT2D eigenvalue weighted by Crippen LogP contribution is 2.23. The Hall–Kier alpha value is -2.37. The Morgan fingerprint density at radius 3 is 2.59 bits per heavy atom. The van der Waals surface area contributed by atoms with Crippen molar-refractivity contribution in [2.24, 2.45) is 0 Å². The van der Waals surface area contributed by atoms with E-state index in [0.717, 1.165) is 5.56 Å². The normalized spacial score (nSPS) is 18.8. The molecule has 1 aromatic rings. The quantitative estimate of drug-likeness (QED) is 0.859. The van der Waals surface area contributed by atoms with E-state index in [9.17, 15) is 14.4 Å². The average Bonchev–Trinajstić information content (AvgIpc) is 2.96. The molecule has 0 spiro atoms. The number of nitrogens with zero attached hydrogens (tertiary/aromatic N) is 1. The Labute approximate surface area is 129 Å². The van der Waals surface area contributed by atoms with E-state index in [1.54, 1.807) is 0 Å².